The smallest absolute Gasteiger partial charge is 0.272 e. The Morgan fingerprint density at radius 2 is 1.72 bits per heavy atom. The Morgan fingerprint density at radius 1 is 0.938 bits per heavy atom. The molecule has 2 amide bonds. The van der Waals surface area contributed by atoms with E-state index in [1.54, 1.807) is 6.07 Å². The number of rotatable bonds is 6. The maximum absolute atomic E-state index is 12.8. The highest BCUT2D eigenvalue weighted by molar-refractivity contribution is 5.92. The van der Waals surface area contributed by atoms with Gasteiger partial charge in [0.05, 0.1) is 0 Å². The third-order valence-corrected chi connectivity index (χ3v) is 6.65. The van der Waals surface area contributed by atoms with Gasteiger partial charge in [-0.2, -0.15) is 0 Å². The number of pyridine rings is 1. The number of carbonyl (C=O) groups excluding carboxylic acids is 2. The number of nitrogens with zero attached hydrogens (tertiary/aromatic N) is 4. The van der Waals surface area contributed by atoms with Gasteiger partial charge in [-0.05, 0) is 49.8 Å². The topological polar surface area (TPSA) is 56.8 Å². The lowest BCUT2D eigenvalue weighted by Crippen LogP contribution is -2.48. The van der Waals surface area contributed by atoms with Gasteiger partial charge in [-0.25, -0.2) is 4.98 Å². The number of aromatic nitrogens is 1. The number of amides is 2. The molecular formula is C26H34N4O2. The normalized spacial score (nSPS) is 19.7. The van der Waals surface area contributed by atoms with Crippen molar-refractivity contribution in [3.8, 4) is 0 Å². The zero-order valence-corrected chi connectivity index (χ0v) is 19.1. The summed E-state index contributed by atoms with van der Waals surface area (Å²) >= 11 is 0. The van der Waals surface area contributed by atoms with Crippen LogP contribution in [-0.4, -0.2) is 70.8 Å². The molecular weight excluding hydrogens is 400 g/mol. The van der Waals surface area contributed by atoms with E-state index in [1.165, 1.54) is 5.56 Å². The van der Waals surface area contributed by atoms with Crippen LogP contribution in [0.25, 0.3) is 0 Å². The molecule has 6 heteroatoms. The molecule has 0 spiro atoms. The van der Waals surface area contributed by atoms with Gasteiger partial charge in [-0.3, -0.25) is 14.5 Å². The molecule has 0 N–H and O–H groups in total. The predicted octanol–water partition coefficient (Wildman–Crippen LogP) is 3.37. The van der Waals surface area contributed by atoms with E-state index in [9.17, 15) is 9.59 Å². The zero-order valence-electron chi connectivity index (χ0n) is 19.1. The van der Waals surface area contributed by atoms with Crippen LogP contribution in [0.15, 0.2) is 48.5 Å². The molecule has 2 aliphatic heterocycles. The highest BCUT2D eigenvalue weighted by atomic mass is 16.2. The van der Waals surface area contributed by atoms with Crippen LogP contribution in [0.3, 0.4) is 0 Å². The molecule has 2 aliphatic rings. The van der Waals surface area contributed by atoms with Gasteiger partial charge >= 0.3 is 0 Å². The Labute approximate surface area is 191 Å². The molecule has 2 aromatic rings. The Bertz CT molecular complexity index is 909. The summed E-state index contributed by atoms with van der Waals surface area (Å²) in [6.07, 6.45) is 3.51. The summed E-state index contributed by atoms with van der Waals surface area (Å²) in [5, 5.41) is 0. The van der Waals surface area contributed by atoms with Gasteiger partial charge in [-0.15, -0.1) is 0 Å². The molecule has 0 saturated carbocycles. The van der Waals surface area contributed by atoms with E-state index in [0.29, 0.717) is 18.0 Å². The van der Waals surface area contributed by atoms with E-state index in [1.807, 2.05) is 34.9 Å². The summed E-state index contributed by atoms with van der Waals surface area (Å²) in [6.45, 7) is 7.83. The van der Waals surface area contributed by atoms with Crippen LogP contribution in [-0.2, 0) is 11.3 Å². The van der Waals surface area contributed by atoms with Gasteiger partial charge < -0.3 is 9.80 Å². The number of hydrogen-bond donors (Lipinski definition) is 0. The van der Waals surface area contributed by atoms with Crippen LogP contribution in [0.2, 0.25) is 0 Å². The molecule has 0 aliphatic carbocycles. The average molecular weight is 435 g/mol. The monoisotopic (exact) mass is 434 g/mol. The fraction of sp³-hybridized carbons (Fsp3) is 0.500. The first-order chi connectivity index (χ1) is 15.6. The van der Waals surface area contributed by atoms with E-state index in [-0.39, 0.29) is 11.8 Å². The van der Waals surface area contributed by atoms with Gasteiger partial charge in [0, 0.05) is 57.9 Å². The number of likely N-dealkylation sites (tertiary alicyclic amines) is 1. The molecule has 0 bridgehead atoms. The van der Waals surface area contributed by atoms with Gasteiger partial charge in [0.2, 0.25) is 5.91 Å². The highest BCUT2D eigenvalue weighted by Crippen LogP contribution is 2.23. The largest absolute Gasteiger partial charge is 0.340 e. The molecule has 0 radical (unpaired) electrons. The second-order valence-corrected chi connectivity index (χ2v) is 9.10. The minimum absolute atomic E-state index is 0.0132. The highest BCUT2D eigenvalue weighted by Gasteiger charge is 2.27. The van der Waals surface area contributed by atoms with Gasteiger partial charge in [-0.1, -0.05) is 36.4 Å². The second-order valence-electron chi connectivity index (χ2n) is 9.10. The Hall–Kier alpha value is -2.73. The SMILES string of the molecule is Cc1cccc(C(=O)N2CCC[C@@H](CCC(=O)N3CCN(Cc4ccccc4)CC3)C2)n1. The van der Waals surface area contributed by atoms with E-state index < -0.39 is 0 Å². The van der Waals surface area contributed by atoms with E-state index >= 15 is 0 Å². The third kappa shape index (κ3) is 5.94. The molecule has 2 fully saturated rings. The van der Waals surface area contributed by atoms with Crippen molar-refractivity contribution in [3.63, 3.8) is 0 Å². The third-order valence-electron chi connectivity index (χ3n) is 6.65. The van der Waals surface area contributed by atoms with Crippen molar-refractivity contribution >= 4 is 11.8 Å². The fourth-order valence-electron chi connectivity index (χ4n) is 4.79. The molecule has 32 heavy (non-hydrogen) atoms. The number of piperazine rings is 1. The molecule has 6 nitrogen and oxygen atoms in total. The van der Waals surface area contributed by atoms with Crippen LogP contribution < -0.4 is 0 Å². The number of aryl methyl sites for hydroxylation is 1. The van der Waals surface area contributed by atoms with E-state index in [0.717, 1.165) is 70.8 Å². The zero-order chi connectivity index (χ0) is 22.3. The first-order valence-corrected chi connectivity index (χ1v) is 11.9. The average Bonchev–Trinajstić information content (AvgIpc) is 2.83. The molecule has 1 aromatic carbocycles. The molecule has 170 valence electrons. The summed E-state index contributed by atoms with van der Waals surface area (Å²) in [6, 6.07) is 16.1. The van der Waals surface area contributed by atoms with Crippen molar-refractivity contribution in [2.45, 2.75) is 39.2 Å². The van der Waals surface area contributed by atoms with Crippen molar-refractivity contribution in [3.05, 3.63) is 65.5 Å². The number of benzene rings is 1. The lowest BCUT2D eigenvalue weighted by atomic mass is 9.93. The molecule has 0 unspecified atom stereocenters. The maximum Gasteiger partial charge on any atom is 0.272 e. The molecule has 1 atom stereocenters. The van der Waals surface area contributed by atoms with Crippen LogP contribution in [0.1, 0.15) is 47.4 Å². The quantitative estimate of drug-likeness (QED) is 0.700. The molecule has 3 heterocycles. The minimum Gasteiger partial charge on any atom is -0.340 e. The first kappa shape index (κ1) is 22.5. The van der Waals surface area contributed by atoms with Crippen molar-refractivity contribution in [2.75, 3.05) is 39.3 Å². The van der Waals surface area contributed by atoms with Crippen molar-refractivity contribution in [1.29, 1.82) is 0 Å². The van der Waals surface area contributed by atoms with Crippen LogP contribution >= 0.6 is 0 Å². The number of carbonyl (C=O) groups is 2. The Kier molecular flexibility index (Phi) is 7.53. The Balaban J connectivity index is 1.20. The second kappa shape index (κ2) is 10.7. The number of hydrogen-bond acceptors (Lipinski definition) is 4. The van der Waals surface area contributed by atoms with Crippen LogP contribution in [0.4, 0.5) is 0 Å². The van der Waals surface area contributed by atoms with Crippen LogP contribution in [0, 0.1) is 12.8 Å². The molecule has 2 saturated heterocycles. The summed E-state index contributed by atoms with van der Waals surface area (Å²) in [4.78, 5) is 36.4. The Morgan fingerprint density at radius 3 is 2.47 bits per heavy atom. The van der Waals surface area contributed by atoms with Crippen molar-refractivity contribution in [1.82, 2.24) is 19.7 Å². The van der Waals surface area contributed by atoms with Gasteiger partial charge in [0.15, 0.2) is 0 Å². The van der Waals surface area contributed by atoms with Crippen molar-refractivity contribution in [2.24, 2.45) is 5.92 Å². The standard InChI is InChI=1S/C26H34N4O2/c1-21-7-5-11-24(27-21)26(32)30-14-6-10-23(20-30)12-13-25(31)29-17-15-28(16-18-29)19-22-8-3-2-4-9-22/h2-5,7-9,11,23H,6,10,12-20H2,1H3/t23-/m0/s1. The van der Waals surface area contributed by atoms with E-state index in [4.69, 9.17) is 0 Å². The maximum atomic E-state index is 12.8. The van der Waals surface area contributed by atoms with Crippen molar-refractivity contribution < 1.29 is 9.59 Å². The molecule has 4 rings (SSSR count). The first-order valence-electron chi connectivity index (χ1n) is 11.9. The summed E-state index contributed by atoms with van der Waals surface area (Å²) in [5.74, 6) is 0.660. The molecule has 1 aromatic heterocycles. The number of piperidine rings is 1. The van der Waals surface area contributed by atoms with E-state index in [2.05, 4.69) is 34.1 Å². The fourth-order valence-corrected chi connectivity index (χ4v) is 4.79. The lowest BCUT2D eigenvalue weighted by molar-refractivity contribution is -0.133. The van der Waals surface area contributed by atoms with Gasteiger partial charge in [0.1, 0.15) is 5.69 Å². The summed E-state index contributed by atoms with van der Waals surface area (Å²) < 4.78 is 0. The lowest BCUT2D eigenvalue weighted by Gasteiger charge is -2.36. The summed E-state index contributed by atoms with van der Waals surface area (Å²) in [7, 11) is 0. The van der Waals surface area contributed by atoms with Crippen LogP contribution in [0.5, 0.6) is 0 Å². The minimum atomic E-state index is 0.0132. The predicted molar refractivity (Wildman–Crippen MR) is 125 cm³/mol. The van der Waals surface area contributed by atoms with Gasteiger partial charge in [0.25, 0.3) is 5.91 Å². The summed E-state index contributed by atoms with van der Waals surface area (Å²) in [5.41, 5.74) is 2.71.